The molecule has 1 unspecified atom stereocenters. The number of carboxylic acids is 1. The molecule has 0 bridgehead atoms. The van der Waals surface area contributed by atoms with E-state index in [-0.39, 0.29) is 19.8 Å². The molecule has 1 aromatic carbocycles. The first-order chi connectivity index (χ1) is 6.74. The van der Waals surface area contributed by atoms with E-state index < -0.39 is 5.97 Å². The Bertz CT molecular complexity index is 308. The fraction of sp³-hybridized carbons (Fsp3) is 0.182. The Hall–Kier alpha value is -1.05. The topological polar surface area (TPSA) is 37.3 Å². The number of aliphatic carboxylic acids is 1. The van der Waals surface area contributed by atoms with Crippen molar-refractivity contribution in [3.05, 3.63) is 48.6 Å². The van der Waals surface area contributed by atoms with Gasteiger partial charge in [0.2, 0.25) is 0 Å². The van der Waals surface area contributed by atoms with Gasteiger partial charge in [-0.15, -0.1) is 0 Å². The van der Waals surface area contributed by atoms with Gasteiger partial charge in [0.15, 0.2) is 0 Å². The molecule has 1 aromatic rings. The van der Waals surface area contributed by atoms with Crippen molar-refractivity contribution in [2.75, 3.05) is 0 Å². The Morgan fingerprint density at radius 3 is 2.64 bits per heavy atom. The van der Waals surface area contributed by atoms with Gasteiger partial charge >= 0.3 is 89.5 Å². The minimum absolute atomic E-state index is 0.0505. The van der Waals surface area contributed by atoms with E-state index in [0.29, 0.717) is 0 Å². The first kappa shape index (κ1) is 11.0. The molecule has 14 heavy (non-hydrogen) atoms. The third-order valence-electron chi connectivity index (χ3n) is 1.73. The van der Waals surface area contributed by atoms with Gasteiger partial charge in [0.25, 0.3) is 0 Å². The molecule has 1 N–H and O–H groups in total. The molecular weight excluding hydrogens is 243 g/mol. The van der Waals surface area contributed by atoms with Crippen LogP contribution in [0.25, 0.3) is 0 Å². The fourth-order valence-electron chi connectivity index (χ4n) is 1.00. The molecule has 0 spiro atoms. The van der Waals surface area contributed by atoms with Crippen molar-refractivity contribution in [2.24, 2.45) is 0 Å². The van der Waals surface area contributed by atoms with Crippen molar-refractivity contribution in [3.8, 4) is 0 Å². The van der Waals surface area contributed by atoms with Crippen LogP contribution in [0.4, 0.5) is 0 Å². The molecule has 0 heterocycles. The van der Waals surface area contributed by atoms with E-state index in [2.05, 4.69) is 6.58 Å². The molecule has 0 aliphatic rings. The molecule has 0 aliphatic carbocycles. The molecular formula is C11H12O2Se. The Labute approximate surface area is 89.8 Å². The second-order valence-corrected chi connectivity index (χ2v) is 5.16. The maximum absolute atomic E-state index is 10.7. The van der Waals surface area contributed by atoms with Crippen molar-refractivity contribution in [1.82, 2.24) is 0 Å². The zero-order chi connectivity index (χ0) is 10.4. The van der Waals surface area contributed by atoms with Crippen LogP contribution in [-0.2, 0) is 10.1 Å². The van der Waals surface area contributed by atoms with E-state index in [1.807, 2.05) is 30.3 Å². The van der Waals surface area contributed by atoms with Crippen LogP contribution in [0, 0.1) is 0 Å². The van der Waals surface area contributed by atoms with E-state index >= 15 is 0 Å². The normalized spacial score (nSPS) is 12.0. The summed E-state index contributed by atoms with van der Waals surface area (Å²) in [7, 11) is 0. The zero-order valence-corrected chi connectivity index (χ0v) is 9.43. The van der Waals surface area contributed by atoms with Gasteiger partial charge in [0.1, 0.15) is 0 Å². The standard InChI is InChI=1S/C11H12O2Se/c1-2-10(11(12)13)14-8-9-6-4-3-5-7-9/h2-7,10H,1,8H2,(H,12,13). The third-order valence-corrected chi connectivity index (χ3v) is 4.36. The summed E-state index contributed by atoms with van der Waals surface area (Å²) in [4.78, 5) is 10.3. The van der Waals surface area contributed by atoms with E-state index in [1.165, 1.54) is 11.6 Å². The molecule has 0 aliphatic heterocycles. The number of hydrogen-bond donors (Lipinski definition) is 1. The number of carboxylic acid groups (broad SMARTS) is 1. The van der Waals surface area contributed by atoms with Gasteiger partial charge in [-0.1, -0.05) is 0 Å². The molecule has 0 amide bonds. The number of carbonyl (C=O) groups is 1. The van der Waals surface area contributed by atoms with E-state index in [4.69, 9.17) is 5.11 Å². The Kier molecular flexibility index (Phi) is 4.44. The average Bonchev–Trinajstić information content (AvgIpc) is 2.20. The van der Waals surface area contributed by atoms with Crippen LogP contribution < -0.4 is 0 Å². The summed E-state index contributed by atoms with van der Waals surface area (Å²) in [5.41, 5.74) is 1.20. The number of benzene rings is 1. The van der Waals surface area contributed by atoms with Gasteiger partial charge in [-0.25, -0.2) is 0 Å². The maximum atomic E-state index is 10.7. The molecule has 3 heteroatoms. The molecule has 0 radical (unpaired) electrons. The van der Waals surface area contributed by atoms with Gasteiger partial charge < -0.3 is 0 Å². The van der Waals surface area contributed by atoms with Crippen LogP contribution in [0.3, 0.4) is 0 Å². The molecule has 0 fully saturated rings. The molecule has 1 rings (SSSR count). The van der Waals surface area contributed by atoms with Crippen LogP contribution in [0.1, 0.15) is 5.56 Å². The van der Waals surface area contributed by atoms with Crippen molar-refractivity contribution < 1.29 is 9.90 Å². The van der Waals surface area contributed by atoms with Gasteiger partial charge in [-0.3, -0.25) is 0 Å². The monoisotopic (exact) mass is 256 g/mol. The van der Waals surface area contributed by atoms with Gasteiger partial charge in [-0.05, 0) is 0 Å². The molecule has 2 nitrogen and oxygen atoms in total. The molecule has 74 valence electrons. The molecule has 0 saturated carbocycles. The SMILES string of the molecule is C=CC([Se]Cc1ccccc1)C(=O)O. The zero-order valence-electron chi connectivity index (χ0n) is 7.72. The Morgan fingerprint density at radius 1 is 1.50 bits per heavy atom. The van der Waals surface area contributed by atoms with Gasteiger partial charge in [0, 0.05) is 0 Å². The van der Waals surface area contributed by atoms with Crippen LogP contribution in [0.2, 0.25) is 4.82 Å². The Morgan fingerprint density at radius 2 is 2.14 bits per heavy atom. The van der Waals surface area contributed by atoms with Crippen LogP contribution in [0.15, 0.2) is 43.0 Å². The summed E-state index contributed by atoms with van der Waals surface area (Å²) in [6.45, 7) is 3.53. The van der Waals surface area contributed by atoms with Crippen molar-refractivity contribution in [3.63, 3.8) is 0 Å². The second-order valence-electron chi connectivity index (χ2n) is 2.79. The first-order valence-electron chi connectivity index (χ1n) is 4.25. The van der Waals surface area contributed by atoms with Crippen LogP contribution >= 0.6 is 0 Å². The summed E-state index contributed by atoms with van der Waals surface area (Å²) in [6.07, 6.45) is 1.52. The summed E-state index contributed by atoms with van der Waals surface area (Å²) < 4.78 is 0. The molecule has 1 atom stereocenters. The average molecular weight is 255 g/mol. The summed E-state index contributed by atoms with van der Waals surface area (Å²) in [5, 5.41) is 9.64. The van der Waals surface area contributed by atoms with Crippen molar-refractivity contribution >= 4 is 20.9 Å². The van der Waals surface area contributed by atoms with E-state index in [1.54, 1.807) is 0 Å². The number of rotatable bonds is 5. The van der Waals surface area contributed by atoms with Gasteiger partial charge in [-0.2, -0.15) is 0 Å². The third kappa shape index (κ3) is 3.36. The summed E-state index contributed by atoms with van der Waals surface area (Å²) >= 11 is 0.0505. The van der Waals surface area contributed by atoms with Crippen molar-refractivity contribution in [2.45, 2.75) is 10.1 Å². The van der Waals surface area contributed by atoms with Gasteiger partial charge in [0.05, 0.1) is 0 Å². The van der Waals surface area contributed by atoms with Crippen LogP contribution in [-0.4, -0.2) is 26.0 Å². The second kappa shape index (κ2) is 5.63. The Balaban J connectivity index is 2.47. The minimum atomic E-state index is -0.768. The summed E-state index contributed by atoms with van der Waals surface area (Å²) in [6, 6.07) is 9.93. The van der Waals surface area contributed by atoms with Crippen LogP contribution in [0.5, 0.6) is 0 Å². The predicted molar refractivity (Wildman–Crippen MR) is 57.5 cm³/mol. The predicted octanol–water partition coefficient (Wildman–Crippen LogP) is 1.95. The quantitative estimate of drug-likeness (QED) is 0.645. The summed E-state index contributed by atoms with van der Waals surface area (Å²) in [5.74, 6) is -0.768. The first-order valence-corrected chi connectivity index (χ1v) is 6.45. The number of hydrogen-bond acceptors (Lipinski definition) is 1. The fourth-order valence-corrected chi connectivity index (χ4v) is 2.77. The van der Waals surface area contributed by atoms with E-state index in [9.17, 15) is 4.79 Å². The molecule has 0 saturated heterocycles. The van der Waals surface area contributed by atoms with E-state index in [0.717, 1.165) is 5.32 Å². The molecule has 0 aromatic heterocycles. The van der Waals surface area contributed by atoms with Crippen molar-refractivity contribution in [1.29, 1.82) is 0 Å².